The van der Waals surface area contributed by atoms with Crippen molar-refractivity contribution in [2.75, 3.05) is 31.6 Å². The first-order valence-corrected chi connectivity index (χ1v) is 6.67. The summed E-state index contributed by atoms with van der Waals surface area (Å²) in [6.07, 6.45) is -0.686. The number of morpholine rings is 1. The number of benzene rings is 1. The quantitative estimate of drug-likeness (QED) is 0.845. The number of hydrogen-bond acceptors (Lipinski definition) is 4. The van der Waals surface area contributed by atoms with Crippen molar-refractivity contribution >= 4 is 17.6 Å². The number of anilines is 1. The third-order valence-electron chi connectivity index (χ3n) is 3.23. The molecule has 6 nitrogen and oxygen atoms in total. The van der Waals surface area contributed by atoms with E-state index in [1.807, 2.05) is 4.90 Å². The second-order valence-corrected chi connectivity index (χ2v) is 4.78. The molecule has 1 aliphatic rings. The third-order valence-corrected chi connectivity index (χ3v) is 3.23. The summed E-state index contributed by atoms with van der Waals surface area (Å²) in [6, 6.07) is 5.94. The summed E-state index contributed by atoms with van der Waals surface area (Å²) in [7, 11) is 0. The number of halogens is 1. The molecule has 1 aromatic rings. The number of carboxylic acid groups (broad SMARTS) is 1. The maximum Gasteiger partial charge on any atom is 0.334 e. The van der Waals surface area contributed by atoms with Crippen LogP contribution >= 0.6 is 0 Å². The Morgan fingerprint density at radius 1 is 1.43 bits per heavy atom. The lowest BCUT2D eigenvalue weighted by Gasteiger charge is -2.30. The zero-order valence-electron chi connectivity index (χ0n) is 11.4. The molecule has 114 valence electrons. The van der Waals surface area contributed by atoms with Gasteiger partial charge in [0.05, 0.1) is 12.3 Å². The summed E-state index contributed by atoms with van der Waals surface area (Å²) < 4.78 is 18.5. The van der Waals surface area contributed by atoms with Crippen LogP contribution in [0.1, 0.15) is 6.42 Å². The van der Waals surface area contributed by atoms with Crippen molar-refractivity contribution in [1.82, 2.24) is 4.90 Å². The Hall–Kier alpha value is -1.99. The van der Waals surface area contributed by atoms with E-state index in [0.29, 0.717) is 19.7 Å². The van der Waals surface area contributed by atoms with Gasteiger partial charge < -0.3 is 15.2 Å². The lowest BCUT2D eigenvalue weighted by Crippen LogP contribution is -2.46. The van der Waals surface area contributed by atoms with Crippen LogP contribution in [0.2, 0.25) is 0 Å². The molecule has 1 amide bonds. The number of carbonyl (C=O) groups excluding carboxylic acids is 1. The SMILES string of the molecule is O=C(CCN1CCOC(C(=O)O)C1)Nc1ccccc1F. The van der Waals surface area contributed by atoms with Crippen molar-refractivity contribution in [1.29, 1.82) is 0 Å². The van der Waals surface area contributed by atoms with Gasteiger partial charge in [-0.15, -0.1) is 0 Å². The summed E-state index contributed by atoms with van der Waals surface area (Å²) >= 11 is 0. The molecule has 1 aromatic carbocycles. The largest absolute Gasteiger partial charge is 0.479 e. The maximum absolute atomic E-state index is 13.4. The number of nitrogens with one attached hydrogen (secondary N) is 1. The highest BCUT2D eigenvalue weighted by molar-refractivity contribution is 5.90. The van der Waals surface area contributed by atoms with Gasteiger partial charge in [0, 0.05) is 26.1 Å². The standard InChI is InChI=1S/C14H17FN2O4/c15-10-3-1-2-4-11(10)16-13(18)5-6-17-7-8-21-12(9-17)14(19)20/h1-4,12H,5-9H2,(H,16,18)(H,19,20). The molecule has 0 radical (unpaired) electrons. The number of ether oxygens (including phenoxy) is 1. The van der Waals surface area contributed by atoms with Crippen molar-refractivity contribution in [3.8, 4) is 0 Å². The first-order valence-electron chi connectivity index (χ1n) is 6.67. The van der Waals surface area contributed by atoms with Crippen LogP contribution in [0.15, 0.2) is 24.3 Å². The molecular formula is C14H17FN2O4. The van der Waals surface area contributed by atoms with E-state index in [0.717, 1.165) is 0 Å². The molecule has 21 heavy (non-hydrogen) atoms. The van der Waals surface area contributed by atoms with Crippen LogP contribution in [0.5, 0.6) is 0 Å². The van der Waals surface area contributed by atoms with Crippen molar-refractivity contribution in [2.45, 2.75) is 12.5 Å². The van der Waals surface area contributed by atoms with E-state index in [4.69, 9.17) is 9.84 Å². The third kappa shape index (κ3) is 4.51. The van der Waals surface area contributed by atoms with Gasteiger partial charge in [-0.25, -0.2) is 9.18 Å². The van der Waals surface area contributed by atoms with Crippen LogP contribution in [0, 0.1) is 5.82 Å². The van der Waals surface area contributed by atoms with Gasteiger partial charge in [-0.2, -0.15) is 0 Å². The Kier molecular flexibility index (Phi) is 5.24. The molecule has 1 aliphatic heterocycles. The summed E-state index contributed by atoms with van der Waals surface area (Å²) in [5, 5.41) is 11.4. The predicted molar refractivity (Wildman–Crippen MR) is 73.5 cm³/mol. The zero-order chi connectivity index (χ0) is 15.2. The molecular weight excluding hydrogens is 279 g/mol. The van der Waals surface area contributed by atoms with Gasteiger partial charge in [0.1, 0.15) is 5.82 Å². The van der Waals surface area contributed by atoms with E-state index in [9.17, 15) is 14.0 Å². The molecule has 1 saturated heterocycles. The van der Waals surface area contributed by atoms with Crippen LogP contribution in [-0.2, 0) is 14.3 Å². The van der Waals surface area contributed by atoms with Crippen molar-refractivity contribution in [2.24, 2.45) is 0 Å². The summed E-state index contributed by atoms with van der Waals surface area (Å²) in [5.74, 6) is -1.79. The van der Waals surface area contributed by atoms with Gasteiger partial charge in [0.15, 0.2) is 6.10 Å². The van der Waals surface area contributed by atoms with Crippen molar-refractivity contribution in [3.05, 3.63) is 30.1 Å². The van der Waals surface area contributed by atoms with Crippen molar-refractivity contribution in [3.63, 3.8) is 0 Å². The van der Waals surface area contributed by atoms with Crippen LogP contribution in [0.25, 0.3) is 0 Å². The number of rotatable bonds is 5. The number of hydrogen-bond donors (Lipinski definition) is 2. The molecule has 1 fully saturated rings. The number of aliphatic carboxylic acids is 1. The Labute approximate surface area is 121 Å². The van der Waals surface area contributed by atoms with Crippen LogP contribution in [-0.4, -0.2) is 54.2 Å². The van der Waals surface area contributed by atoms with Gasteiger partial charge >= 0.3 is 5.97 Å². The predicted octanol–water partition coefficient (Wildman–Crippen LogP) is 0.940. The minimum absolute atomic E-state index is 0.146. The number of carboxylic acids is 1. The van der Waals surface area contributed by atoms with E-state index in [2.05, 4.69) is 5.32 Å². The molecule has 0 spiro atoms. The van der Waals surface area contributed by atoms with Gasteiger partial charge in [-0.05, 0) is 12.1 Å². The van der Waals surface area contributed by atoms with E-state index in [-0.39, 0.29) is 24.6 Å². The van der Waals surface area contributed by atoms with E-state index in [1.165, 1.54) is 12.1 Å². The van der Waals surface area contributed by atoms with Gasteiger partial charge in [-0.1, -0.05) is 12.1 Å². The fraction of sp³-hybridized carbons (Fsp3) is 0.429. The van der Waals surface area contributed by atoms with E-state index >= 15 is 0 Å². The highest BCUT2D eigenvalue weighted by Crippen LogP contribution is 2.13. The highest BCUT2D eigenvalue weighted by atomic mass is 19.1. The second-order valence-electron chi connectivity index (χ2n) is 4.78. The number of amides is 1. The first kappa shape index (κ1) is 15.4. The topological polar surface area (TPSA) is 78.9 Å². The first-order chi connectivity index (χ1) is 10.1. The summed E-state index contributed by atoms with van der Waals surface area (Å²) in [4.78, 5) is 24.5. The fourth-order valence-corrected chi connectivity index (χ4v) is 2.09. The van der Waals surface area contributed by atoms with Gasteiger partial charge in [0.25, 0.3) is 0 Å². The zero-order valence-corrected chi connectivity index (χ0v) is 11.4. The molecule has 1 atom stereocenters. The minimum Gasteiger partial charge on any atom is -0.479 e. The van der Waals surface area contributed by atoms with Crippen LogP contribution < -0.4 is 5.32 Å². The molecule has 0 saturated carbocycles. The Bertz CT molecular complexity index is 523. The number of carbonyl (C=O) groups is 2. The molecule has 1 unspecified atom stereocenters. The number of nitrogens with zero attached hydrogens (tertiary/aromatic N) is 1. The highest BCUT2D eigenvalue weighted by Gasteiger charge is 2.26. The lowest BCUT2D eigenvalue weighted by atomic mass is 10.2. The van der Waals surface area contributed by atoms with Crippen LogP contribution in [0.3, 0.4) is 0 Å². The number of para-hydroxylation sites is 1. The average molecular weight is 296 g/mol. The maximum atomic E-state index is 13.4. The summed E-state index contributed by atoms with van der Waals surface area (Å²) in [6.45, 7) is 1.57. The summed E-state index contributed by atoms with van der Waals surface area (Å²) in [5.41, 5.74) is 0.146. The Balaban J connectivity index is 1.79. The Morgan fingerprint density at radius 3 is 2.90 bits per heavy atom. The lowest BCUT2D eigenvalue weighted by molar-refractivity contribution is -0.156. The molecule has 0 bridgehead atoms. The molecule has 2 N–H and O–H groups in total. The van der Waals surface area contributed by atoms with E-state index < -0.39 is 17.9 Å². The average Bonchev–Trinajstić information content (AvgIpc) is 2.48. The fourth-order valence-electron chi connectivity index (χ4n) is 2.09. The molecule has 1 heterocycles. The monoisotopic (exact) mass is 296 g/mol. The second kappa shape index (κ2) is 7.14. The normalized spacial score (nSPS) is 19.2. The Morgan fingerprint density at radius 2 is 2.19 bits per heavy atom. The van der Waals surface area contributed by atoms with Gasteiger partial charge in [0.2, 0.25) is 5.91 Å². The van der Waals surface area contributed by atoms with Crippen LogP contribution in [0.4, 0.5) is 10.1 Å². The molecule has 7 heteroatoms. The molecule has 0 aliphatic carbocycles. The molecule has 2 rings (SSSR count). The smallest absolute Gasteiger partial charge is 0.334 e. The minimum atomic E-state index is -1.00. The van der Waals surface area contributed by atoms with E-state index in [1.54, 1.807) is 12.1 Å². The van der Waals surface area contributed by atoms with Gasteiger partial charge in [-0.3, -0.25) is 9.69 Å². The molecule has 0 aromatic heterocycles. The van der Waals surface area contributed by atoms with Crippen molar-refractivity contribution < 1.29 is 23.8 Å².